The predicted octanol–water partition coefficient (Wildman–Crippen LogP) is 3.33. The van der Waals surface area contributed by atoms with E-state index in [4.69, 9.17) is 0 Å². The van der Waals surface area contributed by atoms with E-state index < -0.39 is 0 Å². The van der Waals surface area contributed by atoms with Crippen molar-refractivity contribution < 1.29 is 0 Å². The molecule has 1 aliphatic rings. The molecule has 0 fully saturated rings. The van der Waals surface area contributed by atoms with Crippen LogP contribution >= 0.6 is 0 Å². The highest BCUT2D eigenvalue weighted by Crippen LogP contribution is 2.16. The molecule has 4 rings (SSSR count). The largest absolute Gasteiger partial charge is 0.387 e. The smallest absolute Gasteiger partial charge is 0.0898 e. The van der Waals surface area contributed by atoms with Gasteiger partial charge in [0.2, 0.25) is 0 Å². The summed E-state index contributed by atoms with van der Waals surface area (Å²) in [7, 11) is 0. The Labute approximate surface area is 164 Å². The first-order valence-electron chi connectivity index (χ1n) is 8.83. The van der Waals surface area contributed by atoms with Crippen LogP contribution in [0.2, 0.25) is 0 Å². The molecule has 0 bridgehead atoms. The van der Waals surface area contributed by atoms with Gasteiger partial charge in [0.15, 0.2) is 0 Å². The molecule has 0 aromatic carbocycles. The average Bonchev–Trinajstić information content (AvgIpc) is 2.78. The summed E-state index contributed by atoms with van der Waals surface area (Å²) >= 11 is 0. The van der Waals surface area contributed by atoms with E-state index in [2.05, 4.69) is 50.0 Å². The van der Waals surface area contributed by atoms with E-state index in [0.29, 0.717) is 0 Å². The molecular weight excluding hydrogens is 344 g/mol. The summed E-state index contributed by atoms with van der Waals surface area (Å²) in [6.07, 6.45) is 12.9. The molecule has 4 nitrogen and oxygen atoms in total. The summed E-state index contributed by atoms with van der Waals surface area (Å²) in [5.41, 5.74) is 5.24. The van der Waals surface area contributed by atoms with Crippen molar-refractivity contribution in [1.29, 1.82) is 0 Å². The first-order valence-corrected chi connectivity index (χ1v) is 8.83. The van der Waals surface area contributed by atoms with Gasteiger partial charge in [-0.05, 0) is 54.8 Å². The van der Waals surface area contributed by atoms with Gasteiger partial charge in [-0.2, -0.15) is 0 Å². The number of hydrogen-bond donors (Lipinski definition) is 1. The van der Waals surface area contributed by atoms with Crippen LogP contribution in [0.5, 0.6) is 0 Å². The number of nitrogens with zero attached hydrogens (tertiary/aromatic N) is 3. The van der Waals surface area contributed by atoms with Crippen LogP contribution in [0.1, 0.15) is 16.7 Å². The number of pyridine rings is 3. The Bertz CT molecular complexity index is 1170. The summed E-state index contributed by atoms with van der Waals surface area (Å²) in [5.74, 6) is 12.7. The lowest BCUT2D eigenvalue weighted by atomic mass is 10.1. The average molecular weight is 360 g/mol. The molecule has 0 saturated carbocycles. The van der Waals surface area contributed by atoms with E-state index in [9.17, 15) is 0 Å². The number of rotatable bonds is 1. The molecule has 4 heterocycles. The molecule has 28 heavy (non-hydrogen) atoms. The summed E-state index contributed by atoms with van der Waals surface area (Å²) < 4.78 is 0. The van der Waals surface area contributed by atoms with E-state index in [0.717, 1.165) is 40.2 Å². The Balaban J connectivity index is 1.58. The Morgan fingerprint density at radius 1 is 0.714 bits per heavy atom. The first kappa shape index (κ1) is 17.3. The van der Waals surface area contributed by atoms with E-state index in [1.165, 1.54) is 0 Å². The molecule has 1 aliphatic heterocycles. The van der Waals surface area contributed by atoms with Gasteiger partial charge in [0.25, 0.3) is 0 Å². The second-order valence-electron chi connectivity index (χ2n) is 6.00. The van der Waals surface area contributed by atoms with Crippen LogP contribution in [-0.4, -0.2) is 21.5 Å². The van der Waals surface area contributed by atoms with Crippen molar-refractivity contribution in [1.82, 2.24) is 20.3 Å². The zero-order valence-corrected chi connectivity index (χ0v) is 15.1. The van der Waals surface area contributed by atoms with Crippen molar-refractivity contribution in [2.24, 2.45) is 0 Å². The SMILES string of the molecule is C(#Cc1ccnc(-c2cc(C#Cc3ccncc3)ccn2)c1)C1=CCNC=C1. The van der Waals surface area contributed by atoms with Crippen molar-refractivity contribution in [2.45, 2.75) is 0 Å². The highest BCUT2D eigenvalue weighted by molar-refractivity contribution is 5.60. The second-order valence-corrected chi connectivity index (χ2v) is 6.00. The van der Waals surface area contributed by atoms with Gasteiger partial charge in [-0.1, -0.05) is 23.7 Å². The highest BCUT2D eigenvalue weighted by atomic mass is 14.8. The Hall–Kier alpha value is -4.15. The molecular formula is C24H16N4. The summed E-state index contributed by atoms with van der Waals surface area (Å²) in [5, 5.41) is 3.11. The van der Waals surface area contributed by atoms with Crippen molar-refractivity contribution in [3.8, 4) is 35.1 Å². The lowest BCUT2D eigenvalue weighted by molar-refractivity contribution is 0.966. The van der Waals surface area contributed by atoms with E-state index >= 15 is 0 Å². The van der Waals surface area contributed by atoms with Crippen LogP contribution in [0.4, 0.5) is 0 Å². The first-order chi connectivity index (χ1) is 13.9. The maximum absolute atomic E-state index is 4.44. The summed E-state index contributed by atoms with van der Waals surface area (Å²) in [6, 6.07) is 11.4. The Kier molecular flexibility index (Phi) is 5.24. The molecule has 3 aromatic heterocycles. The van der Waals surface area contributed by atoms with Gasteiger partial charge >= 0.3 is 0 Å². The van der Waals surface area contributed by atoms with Gasteiger partial charge in [0.05, 0.1) is 11.4 Å². The Morgan fingerprint density at radius 2 is 1.32 bits per heavy atom. The van der Waals surface area contributed by atoms with Gasteiger partial charge in [-0.15, -0.1) is 0 Å². The van der Waals surface area contributed by atoms with Crippen molar-refractivity contribution >= 4 is 0 Å². The second kappa shape index (κ2) is 8.49. The third-order valence-electron chi connectivity index (χ3n) is 3.99. The zero-order chi connectivity index (χ0) is 19.0. The van der Waals surface area contributed by atoms with E-state index in [1.807, 2.05) is 48.7 Å². The minimum atomic E-state index is 0.770. The third-order valence-corrected chi connectivity index (χ3v) is 3.99. The third kappa shape index (κ3) is 4.52. The van der Waals surface area contributed by atoms with Crippen molar-refractivity contribution in [3.05, 3.63) is 102 Å². The van der Waals surface area contributed by atoms with Crippen LogP contribution in [0.25, 0.3) is 11.4 Å². The van der Waals surface area contributed by atoms with E-state index in [1.54, 1.807) is 24.8 Å². The number of allylic oxidation sites excluding steroid dienone is 2. The summed E-state index contributed by atoms with van der Waals surface area (Å²) in [4.78, 5) is 12.9. The molecule has 132 valence electrons. The molecule has 0 unspecified atom stereocenters. The van der Waals surface area contributed by atoms with Crippen molar-refractivity contribution in [3.63, 3.8) is 0 Å². The fraction of sp³-hybridized carbons (Fsp3) is 0.0417. The molecule has 3 aromatic rings. The Morgan fingerprint density at radius 3 is 1.96 bits per heavy atom. The normalized spacial score (nSPS) is 11.9. The standard InChI is InChI=1S/C24H16N4/c1(19-5-11-25-12-6-19)3-21-9-15-27-23(17-21)24-18-22(10-16-28-24)4-2-20-7-13-26-14-8-20/h5-13,15-18,26H,14H2. The fourth-order valence-corrected chi connectivity index (χ4v) is 2.57. The molecule has 0 aliphatic carbocycles. The van der Waals surface area contributed by atoms with Gasteiger partial charge in [-0.25, -0.2) is 0 Å². The number of aromatic nitrogens is 3. The lowest BCUT2D eigenvalue weighted by Gasteiger charge is -2.02. The van der Waals surface area contributed by atoms with Crippen LogP contribution in [0, 0.1) is 23.7 Å². The molecule has 0 saturated heterocycles. The maximum Gasteiger partial charge on any atom is 0.0898 e. The monoisotopic (exact) mass is 360 g/mol. The number of dihydropyridines is 1. The van der Waals surface area contributed by atoms with Crippen molar-refractivity contribution in [2.75, 3.05) is 6.54 Å². The van der Waals surface area contributed by atoms with Gasteiger partial charge in [-0.3, -0.25) is 15.0 Å². The maximum atomic E-state index is 4.44. The van der Waals surface area contributed by atoms with Crippen LogP contribution in [0.3, 0.4) is 0 Å². The number of nitrogens with one attached hydrogen (secondary N) is 1. The molecule has 0 spiro atoms. The van der Waals surface area contributed by atoms with Gasteiger partial charge < -0.3 is 5.32 Å². The fourth-order valence-electron chi connectivity index (χ4n) is 2.57. The quantitative estimate of drug-likeness (QED) is 0.677. The van der Waals surface area contributed by atoms with Gasteiger partial charge in [0.1, 0.15) is 0 Å². The van der Waals surface area contributed by atoms with E-state index in [-0.39, 0.29) is 0 Å². The minimum absolute atomic E-state index is 0.770. The highest BCUT2D eigenvalue weighted by Gasteiger charge is 2.02. The number of hydrogen-bond acceptors (Lipinski definition) is 4. The molecule has 0 atom stereocenters. The molecule has 4 heteroatoms. The van der Waals surface area contributed by atoms with Crippen LogP contribution < -0.4 is 5.32 Å². The minimum Gasteiger partial charge on any atom is -0.387 e. The lowest BCUT2D eigenvalue weighted by Crippen LogP contribution is -2.07. The molecule has 1 N–H and O–H groups in total. The summed E-state index contributed by atoms with van der Waals surface area (Å²) in [6.45, 7) is 0.805. The molecule has 0 amide bonds. The molecule has 0 radical (unpaired) electrons. The topological polar surface area (TPSA) is 50.7 Å². The van der Waals surface area contributed by atoms with Crippen LogP contribution in [0.15, 0.2) is 85.1 Å². The van der Waals surface area contributed by atoms with Crippen LogP contribution in [-0.2, 0) is 0 Å². The predicted molar refractivity (Wildman–Crippen MR) is 110 cm³/mol. The van der Waals surface area contributed by atoms with Gasteiger partial charge in [0, 0.05) is 53.6 Å². The zero-order valence-electron chi connectivity index (χ0n) is 15.1.